The Morgan fingerprint density at radius 1 is 1.12 bits per heavy atom. The third kappa shape index (κ3) is 3.08. The van der Waals surface area contributed by atoms with Crippen molar-refractivity contribution in [2.45, 2.75) is 46.2 Å². The second kappa shape index (κ2) is 6.40. The highest BCUT2D eigenvalue weighted by molar-refractivity contribution is 6.28. The molecule has 1 amide bonds. The van der Waals surface area contributed by atoms with E-state index in [0.717, 1.165) is 11.3 Å². The van der Waals surface area contributed by atoms with Gasteiger partial charge in [0, 0.05) is 17.3 Å². The van der Waals surface area contributed by atoms with Gasteiger partial charge in [-0.15, -0.1) is 0 Å². The van der Waals surface area contributed by atoms with Gasteiger partial charge in [-0.25, -0.2) is 9.97 Å². The third-order valence-corrected chi connectivity index (χ3v) is 4.40. The molecule has 6 heteroatoms. The van der Waals surface area contributed by atoms with Crippen molar-refractivity contribution in [2.75, 3.05) is 5.32 Å². The monoisotopic (exact) mass is 344 g/mol. The summed E-state index contributed by atoms with van der Waals surface area (Å²) in [5, 5.41) is 3.35. The number of anilines is 2. The number of hydrogen-bond acceptors (Lipinski definition) is 4. The maximum Gasteiger partial charge on any atom is 0.273 e. The molecule has 0 unspecified atom stereocenters. The minimum Gasteiger partial charge on any atom is -0.340 e. The van der Waals surface area contributed by atoms with Gasteiger partial charge in [0.25, 0.3) is 5.91 Å². The smallest absolute Gasteiger partial charge is 0.273 e. The number of benzene rings is 1. The van der Waals surface area contributed by atoms with E-state index in [1.807, 2.05) is 26.0 Å². The van der Waals surface area contributed by atoms with Gasteiger partial charge in [-0.3, -0.25) is 4.79 Å². The van der Waals surface area contributed by atoms with Gasteiger partial charge in [-0.2, -0.15) is 0 Å². The van der Waals surface area contributed by atoms with Crippen LogP contribution in [-0.4, -0.2) is 26.8 Å². The molecule has 0 saturated heterocycles. The summed E-state index contributed by atoms with van der Waals surface area (Å²) >= 11 is 6.02. The summed E-state index contributed by atoms with van der Waals surface area (Å²) in [4.78, 5) is 22.7. The third-order valence-electron chi connectivity index (χ3n) is 4.24. The summed E-state index contributed by atoms with van der Waals surface area (Å²) in [6.07, 6.45) is 0. The number of halogens is 1. The molecule has 0 bridgehead atoms. The van der Waals surface area contributed by atoms with Crippen molar-refractivity contribution < 1.29 is 4.79 Å². The zero-order valence-corrected chi connectivity index (χ0v) is 15.1. The summed E-state index contributed by atoms with van der Waals surface area (Å²) in [7, 11) is 0. The molecule has 1 aromatic heterocycles. The van der Waals surface area contributed by atoms with Crippen LogP contribution in [0.3, 0.4) is 0 Å². The van der Waals surface area contributed by atoms with Crippen LogP contribution < -0.4 is 5.32 Å². The lowest BCUT2D eigenvalue weighted by molar-refractivity contribution is 0.0726. The molecule has 1 N–H and O–H groups in total. The number of amides is 1. The fourth-order valence-corrected chi connectivity index (χ4v) is 2.94. The number of nitrogens with one attached hydrogen (secondary N) is 1. The van der Waals surface area contributed by atoms with Crippen molar-refractivity contribution in [2.24, 2.45) is 0 Å². The standard InChI is InChI=1S/C18H21ClN4O/c1-10(2)12-5-7-13(8-6-12)20-16-14-9-23(11(3)4)17(24)15(14)21-18(19)22-16/h5-8,10-11H,9H2,1-4H3,(H,20,21,22). The molecule has 0 aliphatic carbocycles. The zero-order valence-electron chi connectivity index (χ0n) is 14.3. The van der Waals surface area contributed by atoms with Gasteiger partial charge in [-0.1, -0.05) is 26.0 Å². The molecule has 24 heavy (non-hydrogen) atoms. The molecule has 126 valence electrons. The number of hydrogen-bond donors (Lipinski definition) is 1. The molecule has 3 rings (SSSR count). The molecule has 2 heterocycles. The van der Waals surface area contributed by atoms with Gasteiger partial charge in [0.1, 0.15) is 11.5 Å². The summed E-state index contributed by atoms with van der Waals surface area (Å²) in [5.41, 5.74) is 3.37. The number of carbonyl (C=O) groups is 1. The quantitative estimate of drug-likeness (QED) is 0.837. The van der Waals surface area contributed by atoms with Crippen molar-refractivity contribution in [1.29, 1.82) is 0 Å². The van der Waals surface area contributed by atoms with Gasteiger partial charge >= 0.3 is 0 Å². The van der Waals surface area contributed by atoms with Crippen LogP contribution >= 0.6 is 11.6 Å². The summed E-state index contributed by atoms with van der Waals surface area (Å²) in [6.45, 7) is 8.78. The maximum atomic E-state index is 12.5. The molecule has 0 radical (unpaired) electrons. The number of carbonyl (C=O) groups excluding carboxylic acids is 1. The Hall–Kier alpha value is -2.14. The first-order valence-electron chi connectivity index (χ1n) is 8.11. The largest absolute Gasteiger partial charge is 0.340 e. The predicted octanol–water partition coefficient (Wildman–Crippen LogP) is 4.36. The normalized spacial score (nSPS) is 13.8. The van der Waals surface area contributed by atoms with Gasteiger partial charge in [0.2, 0.25) is 5.28 Å². The molecule has 0 fully saturated rings. The Bertz CT molecular complexity index is 771. The second-order valence-electron chi connectivity index (χ2n) is 6.60. The summed E-state index contributed by atoms with van der Waals surface area (Å²) in [5.74, 6) is 0.982. The molecule has 0 spiro atoms. The van der Waals surface area contributed by atoms with Gasteiger partial charge < -0.3 is 10.2 Å². The molecular weight excluding hydrogens is 324 g/mol. The molecule has 2 aromatic rings. The van der Waals surface area contributed by atoms with E-state index in [9.17, 15) is 4.79 Å². The zero-order chi connectivity index (χ0) is 17.4. The van der Waals surface area contributed by atoms with Crippen molar-refractivity contribution >= 4 is 29.0 Å². The summed E-state index contributed by atoms with van der Waals surface area (Å²) in [6, 6.07) is 8.29. The van der Waals surface area contributed by atoms with E-state index < -0.39 is 0 Å². The molecule has 0 saturated carbocycles. The SMILES string of the molecule is CC(C)c1ccc(Nc2nc(Cl)nc3c2CN(C(C)C)C3=O)cc1. The highest BCUT2D eigenvalue weighted by Gasteiger charge is 2.33. The van der Waals surface area contributed by atoms with E-state index in [1.165, 1.54) is 5.56 Å². The topological polar surface area (TPSA) is 58.1 Å². The van der Waals surface area contributed by atoms with Crippen LogP contribution in [0.2, 0.25) is 5.28 Å². The van der Waals surface area contributed by atoms with Crippen molar-refractivity contribution in [1.82, 2.24) is 14.9 Å². The molecule has 1 aliphatic heterocycles. The van der Waals surface area contributed by atoms with E-state index in [2.05, 4.69) is 41.3 Å². The average molecular weight is 345 g/mol. The van der Waals surface area contributed by atoms with Crippen molar-refractivity contribution in [3.63, 3.8) is 0 Å². The van der Waals surface area contributed by atoms with Crippen LogP contribution in [0.4, 0.5) is 11.5 Å². The fourth-order valence-electron chi connectivity index (χ4n) is 2.77. The number of fused-ring (bicyclic) bond motifs is 1. The van der Waals surface area contributed by atoms with E-state index in [4.69, 9.17) is 11.6 Å². The fraction of sp³-hybridized carbons (Fsp3) is 0.389. The predicted molar refractivity (Wildman–Crippen MR) is 95.9 cm³/mol. The molecule has 5 nitrogen and oxygen atoms in total. The maximum absolute atomic E-state index is 12.5. The second-order valence-corrected chi connectivity index (χ2v) is 6.93. The number of nitrogens with zero attached hydrogens (tertiary/aromatic N) is 3. The first-order chi connectivity index (χ1) is 11.4. The van der Waals surface area contributed by atoms with Crippen LogP contribution in [0.5, 0.6) is 0 Å². The highest BCUT2D eigenvalue weighted by Crippen LogP contribution is 2.31. The first-order valence-corrected chi connectivity index (χ1v) is 8.49. The lowest BCUT2D eigenvalue weighted by Gasteiger charge is -2.19. The van der Waals surface area contributed by atoms with Crippen LogP contribution in [0.1, 0.15) is 55.2 Å². The van der Waals surface area contributed by atoms with Crippen LogP contribution in [0, 0.1) is 0 Å². The van der Waals surface area contributed by atoms with Crippen LogP contribution in [-0.2, 0) is 6.54 Å². The Balaban J connectivity index is 1.93. The molecule has 0 atom stereocenters. The summed E-state index contributed by atoms with van der Waals surface area (Å²) < 4.78 is 0. The van der Waals surface area contributed by atoms with Gasteiger partial charge in [-0.05, 0) is 49.1 Å². The first kappa shape index (κ1) is 16.7. The van der Waals surface area contributed by atoms with Crippen molar-refractivity contribution in [3.8, 4) is 0 Å². The van der Waals surface area contributed by atoms with E-state index in [-0.39, 0.29) is 17.2 Å². The lowest BCUT2D eigenvalue weighted by atomic mass is 10.0. The van der Waals surface area contributed by atoms with E-state index in [0.29, 0.717) is 24.0 Å². The molecule has 1 aliphatic rings. The van der Waals surface area contributed by atoms with Crippen molar-refractivity contribution in [3.05, 3.63) is 46.4 Å². The number of rotatable bonds is 4. The highest BCUT2D eigenvalue weighted by atomic mass is 35.5. The van der Waals surface area contributed by atoms with Gasteiger partial charge in [0.05, 0.1) is 6.54 Å². The molecular formula is C18H21ClN4O. The Kier molecular flexibility index (Phi) is 4.45. The van der Waals surface area contributed by atoms with Gasteiger partial charge in [0.15, 0.2) is 0 Å². The molecule has 1 aromatic carbocycles. The van der Waals surface area contributed by atoms with E-state index in [1.54, 1.807) is 4.90 Å². The minimum atomic E-state index is -0.0949. The Labute approximate surface area is 147 Å². The van der Waals surface area contributed by atoms with E-state index >= 15 is 0 Å². The average Bonchev–Trinajstić information content (AvgIpc) is 2.85. The number of aromatic nitrogens is 2. The lowest BCUT2D eigenvalue weighted by Crippen LogP contribution is -2.31. The Morgan fingerprint density at radius 3 is 2.38 bits per heavy atom. The minimum absolute atomic E-state index is 0.0778. The van der Waals surface area contributed by atoms with Crippen LogP contribution in [0.25, 0.3) is 0 Å². The van der Waals surface area contributed by atoms with Crippen LogP contribution in [0.15, 0.2) is 24.3 Å². The Morgan fingerprint density at radius 2 is 1.79 bits per heavy atom.